The maximum Gasteiger partial charge on any atom is 0.132 e. The second kappa shape index (κ2) is 3.52. The van der Waals surface area contributed by atoms with Crippen LogP contribution in [0.15, 0.2) is 0 Å². The number of nitrogens with one attached hydrogen (secondary N) is 1. The van der Waals surface area contributed by atoms with Crippen LogP contribution in [-0.2, 0) is 0 Å². The van der Waals surface area contributed by atoms with Crippen LogP contribution in [0.25, 0.3) is 0 Å². The highest BCUT2D eigenvalue weighted by atomic mass is 16.3. The van der Waals surface area contributed by atoms with E-state index < -0.39 is 5.72 Å². The molecular weight excluding hydrogens is 140 g/mol. The number of aliphatic hydroxyl groups is 1. The van der Waals surface area contributed by atoms with Crippen molar-refractivity contribution in [2.45, 2.75) is 26.0 Å². The van der Waals surface area contributed by atoms with Gasteiger partial charge in [-0.25, -0.2) is 0 Å². The van der Waals surface area contributed by atoms with E-state index in [-0.39, 0.29) is 0 Å². The third-order valence-electron chi connectivity index (χ3n) is 2.46. The molecule has 0 aromatic heterocycles. The molecule has 0 aromatic rings. The third kappa shape index (κ3) is 1.72. The Morgan fingerprint density at radius 3 is 2.45 bits per heavy atom. The fourth-order valence-electron chi connectivity index (χ4n) is 1.75. The lowest BCUT2D eigenvalue weighted by atomic mass is 10.1. The van der Waals surface area contributed by atoms with E-state index in [1.807, 2.05) is 0 Å². The molecule has 0 spiro atoms. The number of β-amino-alcohol motifs (C(OH)–C–C–N with tert-alkyl or cyclic N) is 1. The molecule has 1 aliphatic heterocycles. The van der Waals surface area contributed by atoms with Gasteiger partial charge in [0.15, 0.2) is 0 Å². The number of likely N-dealkylation sites (N-methyl/N-ethyl adjacent to an activating group) is 1. The van der Waals surface area contributed by atoms with Crippen LogP contribution in [0.1, 0.15) is 20.3 Å². The summed E-state index contributed by atoms with van der Waals surface area (Å²) in [5, 5.41) is 13.2. The van der Waals surface area contributed by atoms with Gasteiger partial charge in [-0.2, -0.15) is 0 Å². The minimum Gasteiger partial charge on any atom is -0.374 e. The molecule has 1 rings (SSSR count). The van der Waals surface area contributed by atoms with E-state index >= 15 is 0 Å². The molecule has 1 atom stereocenters. The molecule has 1 saturated heterocycles. The normalized spacial score (nSPS) is 31.6. The summed E-state index contributed by atoms with van der Waals surface area (Å²) < 4.78 is 0. The lowest BCUT2D eigenvalue weighted by Crippen LogP contribution is -2.50. The highest BCUT2D eigenvalue weighted by molar-refractivity contribution is 4.86. The topological polar surface area (TPSA) is 35.5 Å². The van der Waals surface area contributed by atoms with E-state index in [9.17, 15) is 5.11 Å². The molecule has 1 heterocycles. The summed E-state index contributed by atoms with van der Waals surface area (Å²) in [6.45, 7) is 7.67. The minimum absolute atomic E-state index is 0.566. The van der Waals surface area contributed by atoms with E-state index in [0.717, 1.165) is 26.1 Å². The van der Waals surface area contributed by atoms with E-state index in [2.05, 4.69) is 24.1 Å². The fraction of sp³-hybridized carbons (Fsp3) is 1.00. The second-order valence-electron chi connectivity index (χ2n) is 3.08. The van der Waals surface area contributed by atoms with Gasteiger partial charge < -0.3 is 10.4 Å². The predicted octanol–water partition coefficient (Wildman–Crippen LogP) is 0.0101. The average Bonchev–Trinajstić information content (AvgIpc) is 2.39. The zero-order chi connectivity index (χ0) is 8.32. The first-order valence-corrected chi connectivity index (χ1v) is 4.41. The Bertz CT molecular complexity index is 117. The van der Waals surface area contributed by atoms with Crippen LogP contribution in [0.5, 0.6) is 0 Å². The second-order valence-corrected chi connectivity index (χ2v) is 3.08. The molecule has 3 heteroatoms. The summed E-state index contributed by atoms with van der Waals surface area (Å²) in [5.74, 6) is 0. The van der Waals surface area contributed by atoms with Crippen molar-refractivity contribution in [3.05, 3.63) is 0 Å². The van der Waals surface area contributed by atoms with Crippen LogP contribution in [0, 0.1) is 0 Å². The van der Waals surface area contributed by atoms with Gasteiger partial charge in [0.25, 0.3) is 0 Å². The van der Waals surface area contributed by atoms with E-state index in [1.165, 1.54) is 0 Å². The fourth-order valence-corrected chi connectivity index (χ4v) is 1.75. The molecule has 0 aromatic carbocycles. The maximum atomic E-state index is 10.0. The summed E-state index contributed by atoms with van der Waals surface area (Å²) >= 11 is 0. The van der Waals surface area contributed by atoms with Crippen molar-refractivity contribution < 1.29 is 5.11 Å². The first-order valence-electron chi connectivity index (χ1n) is 4.41. The Labute approximate surface area is 68.4 Å². The Morgan fingerprint density at radius 2 is 2.09 bits per heavy atom. The molecule has 0 bridgehead atoms. The lowest BCUT2D eigenvalue weighted by Gasteiger charge is -2.34. The summed E-state index contributed by atoms with van der Waals surface area (Å²) in [5.41, 5.74) is -0.566. The van der Waals surface area contributed by atoms with Crippen molar-refractivity contribution in [3.63, 3.8) is 0 Å². The Kier molecular flexibility index (Phi) is 2.87. The largest absolute Gasteiger partial charge is 0.374 e. The lowest BCUT2D eigenvalue weighted by molar-refractivity contribution is -0.0868. The first kappa shape index (κ1) is 8.97. The predicted molar refractivity (Wildman–Crippen MR) is 45.4 cm³/mol. The molecule has 1 unspecified atom stereocenters. The zero-order valence-corrected chi connectivity index (χ0v) is 7.43. The SMILES string of the molecule is CCN(CC)C1(O)CCNC1. The summed E-state index contributed by atoms with van der Waals surface area (Å²) in [7, 11) is 0. The zero-order valence-electron chi connectivity index (χ0n) is 7.43. The van der Waals surface area contributed by atoms with Gasteiger partial charge in [0, 0.05) is 13.0 Å². The van der Waals surface area contributed by atoms with E-state index in [0.29, 0.717) is 6.54 Å². The average molecular weight is 158 g/mol. The minimum atomic E-state index is -0.566. The molecule has 3 nitrogen and oxygen atoms in total. The smallest absolute Gasteiger partial charge is 0.132 e. The first-order chi connectivity index (χ1) is 5.23. The highest BCUT2D eigenvalue weighted by Crippen LogP contribution is 2.18. The molecule has 0 radical (unpaired) electrons. The van der Waals surface area contributed by atoms with Crippen LogP contribution in [0.3, 0.4) is 0 Å². The Balaban J connectivity index is 2.53. The molecule has 11 heavy (non-hydrogen) atoms. The molecule has 1 fully saturated rings. The monoisotopic (exact) mass is 158 g/mol. The van der Waals surface area contributed by atoms with Crippen molar-refractivity contribution in [3.8, 4) is 0 Å². The van der Waals surface area contributed by atoms with Gasteiger partial charge in [0.05, 0.1) is 0 Å². The van der Waals surface area contributed by atoms with Crippen molar-refractivity contribution in [2.75, 3.05) is 26.2 Å². The number of hydrogen-bond donors (Lipinski definition) is 2. The third-order valence-corrected chi connectivity index (χ3v) is 2.46. The molecule has 2 N–H and O–H groups in total. The standard InChI is InChI=1S/C8H18N2O/c1-3-10(4-2)8(11)5-6-9-7-8/h9,11H,3-7H2,1-2H3. The van der Waals surface area contributed by atoms with Crippen molar-refractivity contribution in [1.82, 2.24) is 10.2 Å². The Morgan fingerprint density at radius 1 is 1.45 bits per heavy atom. The van der Waals surface area contributed by atoms with Crippen LogP contribution >= 0.6 is 0 Å². The van der Waals surface area contributed by atoms with Gasteiger partial charge >= 0.3 is 0 Å². The molecular formula is C8H18N2O. The van der Waals surface area contributed by atoms with Gasteiger partial charge in [-0.1, -0.05) is 13.8 Å². The maximum absolute atomic E-state index is 10.0. The van der Waals surface area contributed by atoms with Gasteiger partial charge in [-0.15, -0.1) is 0 Å². The van der Waals surface area contributed by atoms with Crippen LogP contribution in [0.2, 0.25) is 0 Å². The van der Waals surface area contributed by atoms with Gasteiger partial charge in [-0.3, -0.25) is 4.90 Å². The van der Waals surface area contributed by atoms with Gasteiger partial charge in [0.2, 0.25) is 0 Å². The van der Waals surface area contributed by atoms with Gasteiger partial charge in [0.1, 0.15) is 5.72 Å². The van der Waals surface area contributed by atoms with Crippen LogP contribution in [0.4, 0.5) is 0 Å². The summed E-state index contributed by atoms with van der Waals surface area (Å²) in [6, 6.07) is 0. The van der Waals surface area contributed by atoms with Gasteiger partial charge in [-0.05, 0) is 19.6 Å². The molecule has 1 aliphatic rings. The number of hydrogen-bond acceptors (Lipinski definition) is 3. The van der Waals surface area contributed by atoms with Crippen LogP contribution < -0.4 is 5.32 Å². The van der Waals surface area contributed by atoms with E-state index in [4.69, 9.17) is 0 Å². The van der Waals surface area contributed by atoms with Crippen molar-refractivity contribution in [1.29, 1.82) is 0 Å². The molecule has 0 aliphatic carbocycles. The van der Waals surface area contributed by atoms with Crippen molar-refractivity contribution in [2.24, 2.45) is 0 Å². The molecule has 0 amide bonds. The van der Waals surface area contributed by atoms with E-state index in [1.54, 1.807) is 0 Å². The van der Waals surface area contributed by atoms with Crippen molar-refractivity contribution >= 4 is 0 Å². The molecule has 66 valence electrons. The quantitative estimate of drug-likeness (QED) is 0.568. The summed E-state index contributed by atoms with van der Waals surface area (Å²) in [6.07, 6.45) is 0.856. The van der Waals surface area contributed by atoms with Crippen LogP contribution in [-0.4, -0.2) is 41.9 Å². The highest BCUT2D eigenvalue weighted by Gasteiger charge is 2.35. The Hall–Kier alpha value is -0.120. The number of nitrogens with zero attached hydrogens (tertiary/aromatic N) is 1. The molecule has 0 saturated carbocycles. The number of rotatable bonds is 3. The summed E-state index contributed by atoms with van der Waals surface area (Å²) in [4.78, 5) is 2.10.